The van der Waals surface area contributed by atoms with E-state index in [1.165, 1.54) is 5.56 Å². The second-order valence-electron chi connectivity index (χ2n) is 4.99. The highest BCUT2D eigenvalue weighted by Gasteiger charge is 2.15. The van der Waals surface area contributed by atoms with Crippen LogP contribution in [0.1, 0.15) is 12.0 Å². The Morgan fingerprint density at radius 3 is 2.95 bits per heavy atom. The first kappa shape index (κ1) is 12.8. The lowest BCUT2D eigenvalue weighted by atomic mass is 10.1. The van der Waals surface area contributed by atoms with Crippen molar-refractivity contribution in [3.63, 3.8) is 0 Å². The van der Waals surface area contributed by atoms with Gasteiger partial charge in [0.15, 0.2) is 0 Å². The van der Waals surface area contributed by atoms with Gasteiger partial charge in [-0.3, -0.25) is 4.90 Å². The predicted octanol–water partition coefficient (Wildman–Crippen LogP) is 1.72. The number of hydrogen-bond acceptors (Lipinski definition) is 4. The molecule has 0 atom stereocenters. The molecule has 4 nitrogen and oxygen atoms in total. The highest BCUT2D eigenvalue weighted by atomic mass is 16.5. The van der Waals surface area contributed by atoms with Crippen LogP contribution in [0.4, 0.5) is 0 Å². The zero-order valence-corrected chi connectivity index (χ0v) is 11.3. The Morgan fingerprint density at radius 2 is 2.05 bits per heavy atom. The third kappa shape index (κ3) is 3.19. The maximum Gasteiger partial charge on any atom is 0.126 e. The smallest absolute Gasteiger partial charge is 0.126 e. The fourth-order valence-corrected chi connectivity index (χ4v) is 2.60. The molecule has 0 saturated carbocycles. The van der Waals surface area contributed by atoms with Crippen LogP contribution in [-0.4, -0.2) is 51.0 Å². The monoisotopic (exact) mass is 263 g/mol. The number of morpholine rings is 1. The minimum absolute atomic E-state index is 0.733. The molecule has 0 aromatic heterocycles. The number of nitrogens with zero attached hydrogens (tertiary/aromatic N) is 1. The minimum atomic E-state index is 0.733. The molecule has 0 amide bonds. The van der Waals surface area contributed by atoms with Gasteiger partial charge in [0.25, 0.3) is 0 Å². The van der Waals surface area contributed by atoms with Crippen LogP contribution in [0.2, 0.25) is 0 Å². The summed E-state index contributed by atoms with van der Waals surface area (Å²) in [6, 6.07) is 6.09. The Balaban J connectivity index is 1.54. The Kier molecular flexibility index (Phi) is 4.20. The quantitative estimate of drug-likeness (QED) is 0.827. The van der Waals surface area contributed by atoms with Crippen molar-refractivity contribution < 1.29 is 14.2 Å². The summed E-state index contributed by atoms with van der Waals surface area (Å²) in [5.41, 5.74) is 1.23. The molecule has 19 heavy (non-hydrogen) atoms. The lowest BCUT2D eigenvalue weighted by Crippen LogP contribution is -2.38. The Bertz CT molecular complexity index is 416. The second kappa shape index (κ2) is 6.26. The summed E-state index contributed by atoms with van der Waals surface area (Å²) < 4.78 is 16.9. The lowest BCUT2D eigenvalue weighted by molar-refractivity contribution is 0.0321. The van der Waals surface area contributed by atoms with Crippen LogP contribution in [0.5, 0.6) is 11.5 Å². The fraction of sp³-hybridized carbons (Fsp3) is 0.600. The zero-order chi connectivity index (χ0) is 12.9. The van der Waals surface area contributed by atoms with Crippen molar-refractivity contribution in [2.24, 2.45) is 0 Å². The van der Waals surface area contributed by atoms with Crippen molar-refractivity contribution in [3.05, 3.63) is 23.8 Å². The van der Waals surface area contributed by atoms with Gasteiger partial charge in [-0.25, -0.2) is 0 Å². The van der Waals surface area contributed by atoms with E-state index in [0.717, 1.165) is 70.4 Å². The van der Waals surface area contributed by atoms with Crippen molar-refractivity contribution in [2.45, 2.75) is 12.8 Å². The highest BCUT2D eigenvalue weighted by molar-refractivity contribution is 5.45. The molecule has 0 bridgehead atoms. The molecule has 104 valence electrons. The molecule has 2 heterocycles. The summed E-state index contributed by atoms with van der Waals surface area (Å²) in [6.07, 6.45) is 2.14. The molecule has 1 aromatic carbocycles. The third-order valence-corrected chi connectivity index (χ3v) is 3.69. The Morgan fingerprint density at radius 1 is 1.16 bits per heavy atom. The van der Waals surface area contributed by atoms with Crippen molar-refractivity contribution in [2.75, 3.05) is 46.1 Å². The average molecular weight is 263 g/mol. The van der Waals surface area contributed by atoms with Crippen molar-refractivity contribution in [1.82, 2.24) is 4.90 Å². The van der Waals surface area contributed by atoms with Gasteiger partial charge < -0.3 is 14.2 Å². The van der Waals surface area contributed by atoms with Crippen molar-refractivity contribution in [1.29, 1.82) is 0 Å². The van der Waals surface area contributed by atoms with Crippen LogP contribution in [0.15, 0.2) is 18.2 Å². The van der Waals surface area contributed by atoms with Gasteiger partial charge in [-0.1, -0.05) is 6.07 Å². The van der Waals surface area contributed by atoms with Crippen molar-refractivity contribution in [3.8, 4) is 11.5 Å². The highest BCUT2D eigenvalue weighted by Crippen LogP contribution is 2.32. The average Bonchev–Trinajstić information content (AvgIpc) is 2.49. The van der Waals surface area contributed by atoms with Gasteiger partial charge in [-0.15, -0.1) is 0 Å². The van der Waals surface area contributed by atoms with Crippen LogP contribution in [0, 0.1) is 0 Å². The maximum atomic E-state index is 5.94. The van der Waals surface area contributed by atoms with Gasteiger partial charge in [-0.2, -0.15) is 0 Å². The molecule has 2 aliphatic heterocycles. The number of rotatable bonds is 4. The van der Waals surface area contributed by atoms with Crippen LogP contribution in [-0.2, 0) is 11.2 Å². The number of hydrogen-bond donors (Lipinski definition) is 0. The number of ether oxygens (including phenoxy) is 3. The van der Waals surface area contributed by atoms with E-state index in [9.17, 15) is 0 Å². The largest absolute Gasteiger partial charge is 0.493 e. The van der Waals surface area contributed by atoms with E-state index in [1.807, 2.05) is 18.2 Å². The molecule has 0 radical (unpaired) electrons. The van der Waals surface area contributed by atoms with Crippen LogP contribution < -0.4 is 9.47 Å². The Labute approximate surface area is 114 Å². The fourth-order valence-electron chi connectivity index (χ4n) is 2.60. The van der Waals surface area contributed by atoms with E-state index >= 15 is 0 Å². The molecular weight excluding hydrogens is 242 g/mol. The van der Waals surface area contributed by atoms with Crippen molar-refractivity contribution >= 4 is 0 Å². The van der Waals surface area contributed by atoms with Crippen LogP contribution in [0.3, 0.4) is 0 Å². The third-order valence-electron chi connectivity index (χ3n) is 3.69. The summed E-state index contributed by atoms with van der Waals surface area (Å²) in [4.78, 5) is 2.38. The normalized spacial score (nSPS) is 19.6. The molecule has 1 fully saturated rings. The zero-order valence-electron chi connectivity index (χ0n) is 11.3. The first-order valence-corrected chi connectivity index (χ1v) is 7.11. The SMILES string of the molecule is c1cc2c(c(OCCN3CCOCC3)c1)CCCO2. The topological polar surface area (TPSA) is 30.9 Å². The molecular formula is C15H21NO3. The minimum Gasteiger partial charge on any atom is -0.493 e. The van der Waals surface area contributed by atoms with E-state index in [-0.39, 0.29) is 0 Å². The second-order valence-corrected chi connectivity index (χ2v) is 4.99. The standard InChI is InChI=1S/C15H21NO3/c1-4-14-13(3-2-9-18-14)15(5-1)19-12-8-16-6-10-17-11-7-16/h1,4-5H,2-3,6-12H2. The van der Waals surface area contributed by atoms with Gasteiger partial charge in [0, 0.05) is 25.2 Å². The molecule has 0 unspecified atom stereocenters. The summed E-state index contributed by atoms with van der Waals surface area (Å²) >= 11 is 0. The molecule has 4 heteroatoms. The molecule has 0 spiro atoms. The van der Waals surface area contributed by atoms with E-state index in [2.05, 4.69) is 4.90 Å². The van der Waals surface area contributed by atoms with Gasteiger partial charge in [0.05, 0.1) is 19.8 Å². The number of benzene rings is 1. The summed E-state index contributed by atoms with van der Waals surface area (Å²) in [7, 11) is 0. The molecule has 0 N–H and O–H groups in total. The van der Waals surface area contributed by atoms with Gasteiger partial charge >= 0.3 is 0 Å². The van der Waals surface area contributed by atoms with E-state index in [1.54, 1.807) is 0 Å². The molecule has 1 saturated heterocycles. The van der Waals surface area contributed by atoms with E-state index in [0.29, 0.717) is 0 Å². The molecule has 0 aliphatic carbocycles. The van der Waals surface area contributed by atoms with Crippen LogP contribution >= 0.6 is 0 Å². The number of fused-ring (bicyclic) bond motifs is 1. The molecule has 1 aromatic rings. The van der Waals surface area contributed by atoms with Gasteiger partial charge in [0.2, 0.25) is 0 Å². The molecule has 3 rings (SSSR count). The summed E-state index contributed by atoms with van der Waals surface area (Å²) in [6.45, 7) is 6.23. The lowest BCUT2D eigenvalue weighted by Gasteiger charge is -2.27. The van der Waals surface area contributed by atoms with Crippen LogP contribution in [0.25, 0.3) is 0 Å². The summed E-state index contributed by atoms with van der Waals surface area (Å²) in [5.74, 6) is 1.99. The maximum absolute atomic E-state index is 5.94. The van der Waals surface area contributed by atoms with E-state index in [4.69, 9.17) is 14.2 Å². The first-order valence-electron chi connectivity index (χ1n) is 7.11. The first-order chi connectivity index (χ1) is 9.43. The summed E-state index contributed by atoms with van der Waals surface area (Å²) in [5, 5.41) is 0. The van der Waals surface area contributed by atoms with Gasteiger partial charge in [-0.05, 0) is 25.0 Å². The van der Waals surface area contributed by atoms with Gasteiger partial charge in [0.1, 0.15) is 18.1 Å². The predicted molar refractivity (Wildman–Crippen MR) is 73.0 cm³/mol. The molecule has 2 aliphatic rings. The Hall–Kier alpha value is -1.26. The van der Waals surface area contributed by atoms with E-state index < -0.39 is 0 Å².